The maximum absolute atomic E-state index is 12.4. The number of hydrogen-bond acceptors (Lipinski definition) is 4. The Labute approximate surface area is 144 Å². The van der Waals surface area contributed by atoms with Gasteiger partial charge in [-0.3, -0.25) is 0 Å². The fourth-order valence-corrected chi connectivity index (χ4v) is 3.50. The summed E-state index contributed by atoms with van der Waals surface area (Å²) in [6.45, 7) is 6.65. The molecule has 2 rings (SSSR count). The molecule has 7 heteroatoms. The van der Waals surface area contributed by atoms with Crippen LogP contribution < -0.4 is 5.32 Å². The quantitative estimate of drug-likeness (QED) is 0.794. The number of likely N-dealkylation sites (tertiary alicyclic amines) is 1. The van der Waals surface area contributed by atoms with Crippen molar-refractivity contribution >= 4 is 6.03 Å². The first-order valence-electron chi connectivity index (χ1n) is 8.98. The number of hydrogen-bond donors (Lipinski definition) is 2. The smallest absolute Gasteiger partial charge is 0.317 e. The highest BCUT2D eigenvalue weighted by Crippen LogP contribution is 2.26. The number of nitrogens with zero attached hydrogens (tertiary/aromatic N) is 4. The molecule has 1 atom stereocenters. The van der Waals surface area contributed by atoms with E-state index in [4.69, 9.17) is 5.11 Å². The van der Waals surface area contributed by atoms with Crippen molar-refractivity contribution in [2.24, 2.45) is 18.9 Å². The zero-order valence-electron chi connectivity index (χ0n) is 15.1. The minimum Gasteiger partial charge on any atom is -0.396 e. The molecule has 136 valence electrons. The molecule has 0 radical (unpaired) electrons. The lowest BCUT2D eigenvalue weighted by Crippen LogP contribution is -2.45. The number of aromatic nitrogens is 3. The van der Waals surface area contributed by atoms with Crippen LogP contribution in [0.4, 0.5) is 4.79 Å². The van der Waals surface area contributed by atoms with Crippen LogP contribution in [-0.4, -0.2) is 57.0 Å². The van der Waals surface area contributed by atoms with Crippen LogP contribution in [0, 0.1) is 11.8 Å². The predicted octanol–water partition coefficient (Wildman–Crippen LogP) is 1.75. The Morgan fingerprint density at radius 3 is 2.67 bits per heavy atom. The minimum atomic E-state index is 0.0121. The molecular formula is C17H31N5O2. The molecule has 1 aromatic rings. The second-order valence-electron chi connectivity index (χ2n) is 7.26. The Bertz CT molecular complexity index is 509. The first-order valence-corrected chi connectivity index (χ1v) is 8.98. The Morgan fingerprint density at radius 2 is 2.12 bits per heavy atom. The number of carbonyl (C=O) groups is 1. The summed E-state index contributed by atoms with van der Waals surface area (Å²) < 4.78 is 1.96. The summed E-state index contributed by atoms with van der Waals surface area (Å²) in [6, 6.07) is 0.0121. The van der Waals surface area contributed by atoms with Crippen molar-refractivity contribution in [1.29, 1.82) is 0 Å². The monoisotopic (exact) mass is 337 g/mol. The molecule has 1 aliphatic rings. The van der Waals surface area contributed by atoms with E-state index in [0.717, 1.165) is 44.6 Å². The Morgan fingerprint density at radius 1 is 1.42 bits per heavy atom. The summed E-state index contributed by atoms with van der Waals surface area (Å²) >= 11 is 0. The lowest BCUT2D eigenvalue weighted by molar-refractivity contribution is 0.175. The van der Waals surface area contributed by atoms with Crippen LogP contribution in [0.2, 0.25) is 0 Å². The Hall–Kier alpha value is -1.63. The number of aliphatic hydroxyl groups is 1. The van der Waals surface area contributed by atoms with E-state index in [1.54, 1.807) is 6.33 Å². The zero-order chi connectivity index (χ0) is 17.5. The molecule has 2 amide bonds. The highest BCUT2D eigenvalue weighted by molar-refractivity contribution is 5.74. The molecule has 1 unspecified atom stereocenters. The normalized spacial score (nSPS) is 17.3. The van der Waals surface area contributed by atoms with Crippen molar-refractivity contribution in [3.05, 3.63) is 12.2 Å². The van der Waals surface area contributed by atoms with Gasteiger partial charge in [-0.25, -0.2) is 4.79 Å². The molecule has 1 aliphatic heterocycles. The zero-order valence-corrected chi connectivity index (χ0v) is 15.1. The van der Waals surface area contributed by atoms with Crippen molar-refractivity contribution < 1.29 is 9.90 Å². The van der Waals surface area contributed by atoms with Crippen molar-refractivity contribution in [2.45, 2.75) is 45.4 Å². The molecule has 1 fully saturated rings. The van der Waals surface area contributed by atoms with E-state index in [0.29, 0.717) is 24.3 Å². The van der Waals surface area contributed by atoms with Crippen molar-refractivity contribution in [1.82, 2.24) is 25.0 Å². The van der Waals surface area contributed by atoms with Crippen molar-refractivity contribution in [3.63, 3.8) is 0 Å². The minimum absolute atomic E-state index is 0.0121. The predicted molar refractivity (Wildman–Crippen MR) is 92.6 cm³/mol. The summed E-state index contributed by atoms with van der Waals surface area (Å²) in [4.78, 5) is 14.3. The van der Waals surface area contributed by atoms with Crippen LogP contribution >= 0.6 is 0 Å². The number of amides is 2. The van der Waals surface area contributed by atoms with Crippen LogP contribution in [0.25, 0.3) is 0 Å². The van der Waals surface area contributed by atoms with Crippen LogP contribution in [0.5, 0.6) is 0 Å². The number of rotatable bonds is 7. The molecule has 1 aromatic heterocycles. The molecule has 0 saturated carbocycles. The highest BCUT2D eigenvalue weighted by Gasteiger charge is 2.26. The van der Waals surface area contributed by atoms with E-state index in [1.807, 2.05) is 16.5 Å². The molecule has 0 aliphatic carbocycles. The second kappa shape index (κ2) is 9.01. The van der Waals surface area contributed by atoms with Gasteiger partial charge in [-0.1, -0.05) is 13.8 Å². The van der Waals surface area contributed by atoms with Gasteiger partial charge in [0.15, 0.2) is 0 Å². The fraction of sp³-hybridized carbons (Fsp3) is 0.824. The van der Waals surface area contributed by atoms with Gasteiger partial charge in [0, 0.05) is 39.2 Å². The number of aryl methyl sites for hydroxylation is 1. The third kappa shape index (κ3) is 5.19. The van der Waals surface area contributed by atoms with Gasteiger partial charge in [0.25, 0.3) is 0 Å². The number of nitrogens with one attached hydrogen (secondary N) is 1. The summed E-state index contributed by atoms with van der Waals surface area (Å²) in [5, 5.41) is 20.3. The van der Waals surface area contributed by atoms with Crippen LogP contribution in [-0.2, 0) is 7.05 Å². The first-order chi connectivity index (χ1) is 11.5. The molecule has 0 spiro atoms. The molecule has 24 heavy (non-hydrogen) atoms. The second-order valence-corrected chi connectivity index (χ2v) is 7.26. The topological polar surface area (TPSA) is 83.3 Å². The molecule has 1 saturated heterocycles. The summed E-state index contributed by atoms with van der Waals surface area (Å²) in [5.41, 5.74) is 0. The van der Waals surface area contributed by atoms with Gasteiger partial charge >= 0.3 is 6.03 Å². The van der Waals surface area contributed by atoms with Gasteiger partial charge in [0.2, 0.25) is 0 Å². The third-order valence-electron chi connectivity index (χ3n) is 4.78. The Balaban J connectivity index is 1.77. The van der Waals surface area contributed by atoms with Crippen molar-refractivity contribution in [2.75, 3.05) is 26.2 Å². The van der Waals surface area contributed by atoms with Crippen LogP contribution in [0.1, 0.15) is 51.3 Å². The van der Waals surface area contributed by atoms with E-state index in [1.165, 1.54) is 0 Å². The Kier molecular flexibility index (Phi) is 7.02. The van der Waals surface area contributed by atoms with E-state index in [-0.39, 0.29) is 12.6 Å². The SMILES string of the molecule is CC(C)CC(CCO)CNC(=O)N1CCC(c2nncn2C)CC1. The first kappa shape index (κ1) is 18.7. The van der Waals surface area contributed by atoms with Gasteiger partial charge < -0.3 is 19.9 Å². The standard InChI is InChI=1S/C17H31N5O2/c1-13(2)10-14(6-9-23)11-18-17(24)22-7-4-15(5-8-22)16-20-19-12-21(16)3/h12-15,23H,4-11H2,1-3H3,(H,18,24). The molecular weight excluding hydrogens is 306 g/mol. The average molecular weight is 337 g/mol. The summed E-state index contributed by atoms with van der Waals surface area (Å²) in [6.07, 6.45) is 5.34. The molecule has 2 N–H and O–H groups in total. The van der Waals surface area contributed by atoms with Gasteiger partial charge in [0.05, 0.1) is 0 Å². The maximum atomic E-state index is 12.4. The highest BCUT2D eigenvalue weighted by atomic mass is 16.3. The molecule has 7 nitrogen and oxygen atoms in total. The number of urea groups is 1. The third-order valence-corrected chi connectivity index (χ3v) is 4.78. The number of aliphatic hydroxyl groups excluding tert-OH is 1. The van der Waals surface area contributed by atoms with E-state index >= 15 is 0 Å². The summed E-state index contributed by atoms with van der Waals surface area (Å²) in [5.74, 6) is 2.30. The maximum Gasteiger partial charge on any atom is 0.317 e. The van der Waals surface area contributed by atoms with Gasteiger partial charge in [-0.2, -0.15) is 0 Å². The van der Waals surface area contributed by atoms with E-state index in [9.17, 15) is 4.79 Å². The average Bonchev–Trinajstić information content (AvgIpc) is 2.98. The molecule has 0 aromatic carbocycles. The van der Waals surface area contributed by atoms with Crippen LogP contribution in [0.15, 0.2) is 6.33 Å². The van der Waals surface area contributed by atoms with Gasteiger partial charge in [0.1, 0.15) is 12.2 Å². The fourth-order valence-electron chi connectivity index (χ4n) is 3.50. The lowest BCUT2D eigenvalue weighted by atomic mass is 9.94. The van der Waals surface area contributed by atoms with Crippen molar-refractivity contribution in [3.8, 4) is 0 Å². The molecule has 2 heterocycles. The van der Waals surface area contributed by atoms with E-state index in [2.05, 4.69) is 29.4 Å². The molecule has 0 bridgehead atoms. The van der Waals surface area contributed by atoms with Gasteiger partial charge in [-0.15, -0.1) is 10.2 Å². The summed E-state index contributed by atoms with van der Waals surface area (Å²) in [7, 11) is 1.96. The largest absolute Gasteiger partial charge is 0.396 e. The van der Waals surface area contributed by atoms with E-state index < -0.39 is 0 Å². The van der Waals surface area contributed by atoms with Crippen LogP contribution in [0.3, 0.4) is 0 Å². The van der Waals surface area contributed by atoms with Gasteiger partial charge in [-0.05, 0) is 37.5 Å². The number of piperidine rings is 1. The lowest BCUT2D eigenvalue weighted by Gasteiger charge is -2.32. The number of carbonyl (C=O) groups excluding carboxylic acids is 1.